The molecule has 1 aliphatic carbocycles. The Bertz CT molecular complexity index is 416. The van der Waals surface area contributed by atoms with Gasteiger partial charge in [0.1, 0.15) is 0 Å². The molecule has 1 N–H and O–H groups in total. The quantitative estimate of drug-likeness (QED) is 0.874. The molecule has 0 radical (unpaired) electrons. The zero-order valence-electron chi connectivity index (χ0n) is 10.5. The van der Waals surface area contributed by atoms with Crippen LogP contribution in [0.2, 0.25) is 0 Å². The van der Waals surface area contributed by atoms with Crippen molar-refractivity contribution >= 4 is 5.91 Å². The van der Waals surface area contributed by atoms with Crippen molar-refractivity contribution in [2.75, 3.05) is 13.1 Å². The average Bonchev–Trinajstić information content (AvgIpc) is 3.11. The molecule has 0 aromatic carbocycles. The van der Waals surface area contributed by atoms with Gasteiger partial charge in [-0.2, -0.15) is 0 Å². The highest BCUT2D eigenvalue weighted by molar-refractivity contribution is 5.79. The largest absolute Gasteiger partial charge is 0.335 e. The first-order chi connectivity index (χ1) is 8.84. The molecule has 2 aliphatic rings. The summed E-state index contributed by atoms with van der Waals surface area (Å²) in [6.45, 7) is 1.38. The summed E-state index contributed by atoms with van der Waals surface area (Å²) >= 11 is 0. The van der Waals surface area contributed by atoms with Crippen molar-refractivity contribution in [3.05, 3.63) is 30.1 Å². The smallest absolute Gasteiger partial charge is 0.237 e. The summed E-state index contributed by atoms with van der Waals surface area (Å²) in [5.74, 6) is 0.237. The molecular formula is C14H19N3O. The van der Waals surface area contributed by atoms with Crippen molar-refractivity contribution in [1.82, 2.24) is 15.2 Å². The van der Waals surface area contributed by atoms with Crippen LogP contribution in [0.5, 0.6) is 0 Å². The number of amides is 1. The second-order valence-corrected chi connectivity index (χ2v) is 5.18. The summed E-state index contributed by atoms with van der Waals surface area (Å²) in [5, 5.41) is 3.30. The topological polar surface area (TPSA) is 45.2 Å². The molecule has 0 spiro atoms. The number of nitrogens with one attached hydrogen (secondary N) is 1. The number of rotatable bonds is 4. The molecule has 4 nitrogen and oxygen atoms in total. The highest BCUT2D eigenvalue weighted by atomic mass is 16.2. The lowest BCUT2D eigenvalue weighted by Gasteiger charge is -2.25. The van der Waals surface area contributed by atoms with Crippen molar-refractivity contribution < 1.29 is 4.79 Å². The number of aromatic nitrogens is 1. The number of hydrogen-bond acceptors (Lipinski definition) is 3. The maximum absolute atomic E-state index is 12.2. The van der Waals surface area contributed by atoms with Gasteiger partial charge in [0.2, 0.25) is 5.91 Å². The van der Waals surface area contributed by atoms with E-state index < -0.39 is 0 Å². The van der Waals surface area contributed by atoms with E-state index in [2.05, 4.69) is 10.3 Å². The Morgan fingerprint density at radius 1 is 1.33 bits per heavy atom. The van der Waals surface area contributed by atoms with Crippen molar-refractivity contribution in [3.63, 3.8) is 0 Å². The lowest BCUT2D eigenvalue weighted by atomic mass is 10.1. The second kappa shape index (κ2) is 5.06. The van der Waals surface area contributed by atoms with E-state index in [1.807, 2.05) is 17.0 Å². The Morgan fingerprint density at radius 3 is 2.83 bits per heavy atom. The number of pyridine rings is 1. The molecule has 1 saturated carbocycles. The van der Waals surface area contributed by atoms with Crippen LogP contribution in [0.1, 0.15) is 37.3 Å². The van der Waals surface area contributed by atoms with Crippen molar-refractivity contribution in [2.45, 2.75) is 37.8 Å². The summed E-state index contributed by atoms with van der Waals surface area (Å²) in [7, 11) is 0. The third-order valence-electron chi connectivity index (χ3n) is 3.78. The van der Waals surface area contributed by atoms with Crippen LogP contribution >= 0.6 is 0 Å². The van der Waals surface area contributed by atoms with Crippen LogP contribution < -0.4 is 5.32 Å². The van der Waals surface area contributed by atoms with Gasteiger partial charge < -0.3 is 10.2 Å². The van der Waals surface area contributed by atoms with Gasteiger partial charge in [-0.15, -0.1) is 0 Å². The average molecular weight is 245 g/mol. The van der Waals surface area contributed by atoms with E-state index in [1.165, 1.54) is 18.4 Å². The summed E-state index contributed by atoms with van der Waals surface area (Å²) < 4.78 is 0. The number of hydrogen-bond donors (Lipinski definition) is 1. The molecule has 2 heterocycles. The first-order valence-corrected chi connectivity index (χ1v) is 6.77. The molecular weight excluding hydrogens is 226 g/mol. The van der Waals surface area contributed by atoms with Gasteiger partial charge in [0, 0.05) is 25.0 Å². The zero-order valence-corrected chi connectivity index (χ0v) is 10.5. The SMILES string of the molecule is O=C(CNC1CC1)N1CCCC1c1ccncc1. The van der Waals surface area contributed by atoms with Crippen LogP contribution in [-0.2, 0) is 4.79 Å². The highest BCUT2D eigenvalue weighted by Crippen LogP contribution is 2.31. The first kappa shape index (κ1) is 11.7. The lowest BCUT2D eigenvalue weighted by Crippen LogP contribution is -2.38. The summed E-state index contributed by atoms with van der Waals surface area (Å²) in [5.41, 5.74) is 1.21. The normalized spacial score (nSPS) is 23.3. The van der Waals surface area contributed by atoms with Gasteiger partial charge in [0.15, 0.2) is 0 Å². The van der Waals surface area contributed by atoms with Gasteiger partial charge >= 0.3 is 0 Å². The van der Waals surface area contributed by atoms with E-state index in [-0.39, 0.29) is 11.9 Å². The maximum atomic E-state index is 12.2. The third-order valence-corrected chi connectivity index (χ3v) is 3.78. The van der Waals surface area contributed by atoms with E-state index in [4.69, 9.17) is 0 Å². The number of likely N-dealkylation sites (tertiary alicyclic amines) is 1. The van der Waals surface area contributed by atoms with Gasteiger partial charge in [-0.25, -0.2) is 0 Å². The molecule has 96 valence electrons. The van der Waals surface area contributed by atoms with E-state index >= 15 is 0 Å². The lowest BCUT2D eigenvalue weighted by molar-refractivity contribution is -0.131. The predicted molar refractivity (Wildman–Crippen MR) is 68.9 cm³/mol. The molecule has 0 bridgehead atoms. The van der Waals surface area contributed by atoms with Crippen LogP contribution in [0.15, 0.2) is 24.5 Å². The van der Waals surface area contributed by atoms with Gasteiger partial charge in [-0.1, -0.05) is 0 Å². The van der Waals surface area contributed by atoms with E-state index in [0.717, 1.165) is 19.4 Å². The monoisotopic (exact) mass is 245 g/mol. The van der Waals surface area contributed by atoms with Crippen molar-refractivity contribution in [1.29, 1.82) is 0 Å². The fraction of sp³-hybridized carbons (Fsp3) is 0.571. The minimum absolute atomic E-state index is 0.237. The Morgan fingerprint density at radius 2 is 2.11 bits per heavy atom. The molecule has 1 unspecified atom stereocenters. The molecule has 18 heavy (non-hydrogen) atoms. The molecule has 1 amide bonds. The fourth-order valence-electron chi connectivity index (χ4n) is 2.62. The summed E-state index contributed by atoms with van der Waals surface area (Å²) in [6.07, 6.45) is 8.22. The van der Waals surface area contributed by atoms with Gasteiger partial charge in [0.05, 0.1) is 12.6 Å². The molecule has 3 rings (SSSR count). The van der Waals surface area contributed by atoms with E-state index in [9.17, 15) is 4.79 Å². The molecule has 4 heteroatoms. The van der Waals surface area contributed by atoms with Crippen LogP contribution in [0.25, 0.3) is 0 Å². The van der Waals surface area contributed by atoms with Crippen molar-refractivity contribution in [3.8, 4) is 0 Å². The first-order valence-electron chi connectivity index (χ1n) is 6.77. The minimum Gasteiger partial charge on any atom is -0.335 e. The van der Waals surface area contributed by atoms with Gasteiger partial charge in [-0.3, -0.25) is 9.78 Å². The van der Waals surface area contributed by atoms with E-state index in [0.29, 0.717) is 12.6 Å². The molecule has 1 saturated heterocycles. The van der Waals surface area contributed by atoms with Gasteiger partial charge in [-0.05, 0) is 43.4 Å². The Kier molecular flexibility index (Phi) is 3.28. The summed E-state index contributed by atoms with van der Waals surface area (Å²) in [4.78, 5) is 18.3. The van der Waals surface area contributed by atoms with Gasteiger partial charge in [0.25, 0.3) is 0 Å². The Hall–Kier alpha value is -1.42. The standard InChI is InChI=1S/C14H19N3O/c18-14(10-16-12-3-4-12)17-9-1-2-13(17)11-5-7-15-8-6-11/h5-8,12-13,16H,1-4,9-10H2. The molecule has 2 fully saturated rings. The molecule has 1 aliphatic heterocycles. The number of carbonyl (C=O) groups excluding carboxylic acids is 1. The highest BCUT2D eigenvalue weighted by Gasteiger charge is 2.30. The molecule has 1 atom stereocenters. The zero-order chi connectivity index (χ0) is 12.4. The number of carbonyl (C=O) groups is 1. The maximum Gasteiger partial charge on any atom is 0.237 e. The van der Waals surface area contributed by atoms with E-state index in [1.54, 1.807) is 12.4 Å². The third kappa shape index (κ3) is 2.53. The molecule has 1 aromatic heterocycles. The Labute approximate surface area is 107 Å². The Balaban J connectivity index is 1.64. The fourth-order valence-corrected chi connectivity index (χ4v) is 2.62. The summed E-state index contributed by atoms with van der Waals surface area (Å²) in [6, 6.07) is 4.88. The van der Waals surface area contributed by atoms with Crippen molar-refractivity contribution in [2.24, 2.45) is 0 Å². The minimum atomic E-state index is 0.237. The van der Waals surface area contributed by atoms with Crippen LogP contribution in [-0.4, -0.2) is 34.9 Å². The van der Waals surface area contributed by atoms with Crippen LogP contribution in [0, 0.1) is 0 Å². The van der Waals surface area contributed by atoms with Crippen LogP contribution in [0.4, 0.5) is 0 Å². The van der Waals surface area contributed by atoms with Crippen LogP contribution in [0.3, 0.4) is 0 Å². The molecule has 1 aromatic rings. The second-order valence-electron chi connectivity index (χ2n) is 5.18. The number of nitrogens with zero attached hydrogens (tertiary/aromatic N) is 2. The predicted octanol–water partition coefficient (Wildman–Crippen LogP) is 1.50.